The van der Waals surface area contributed by atoms with Crippen molar-refractivity contribution >= 4 is 29.3 Å². The first kappa shape index (κ1) is 27.6. The number of anilines is 1. The van der Waals surface area contributed by atoms with Crippen molar-refractivity contribution in [2.24, 2.45) is 0 Å². The minimum Gasteiger partial charge on any atom is -0.463 e. The summed E-state index contributed by atoms with van der Waals surface area (Å²) in [6.45, 7) is 4.64. The van der Waals surface area contributed by atoms with Gasteiger partial charge in [-0.1, -0.05) is 79.7 Å². The highest BCUT2D eigenvalue weighted by Crippen LogP contribution is 2.37. The lowest BCUT2D eigenvalue weighted by molar-refractivity contribution is -0.139. The summed E-state index contributed by atoms with van der Waals surface area (Å²) >= 11 is 0. The van der Waals surface area contributed by atoms with Crippen LogP contribution in [0.5, 0.6) is 0 Å². The molecule has 8 heteroatoms. The summed E-state index contributed by atoms with van der Waals surface area (Å²) in [5.74, 6) is -0.770. The minimum atomic E-state index is -0.723. The molecule has 4 rings (SSSR count). The zero-order valence-electron chi connectivity index (χ0n) is 22.2. The van der Waals surface area contributed by atoms with Gasteiger partial charge in [0.1, 0.15) is 6.61 Å². The number of carbonyl (C=O) groups excluding carboxylic acids is 3. The van der Waals surface area contributed by atoms with Crippen LogP contribution >= 0.6 is 0 Å². The number of hydrogen-bond donors (Lipinski definition) is 2. The van der Waals surface area contributed by atoms with Crippen molar-refractivity contribution in [3.8, 4) is 0 Å². The van der Waals surface area contributed by atoms with Crippen LogP contribution in [-0.4, -0.2) is 42.6 Å². The molecule has 3 aromatic rings. The van der Waals surface area contributed by atoms with Crippen molar-refractivity contribution < 1.29 is 23.9 Å². The third-order valence-corrected chi connectivity index (χ3v) is 6.19. The highest BCUT2D eigenvalue weighted by molar-refractivity contribution is 6.04. The van der Waals surface area contributed by atoms with E-state index in [1.807, 2.05) is 67.6 Å². The molecule has 0 aromatic heterocycles. The molecule has 8 nitrogen and oxygen atoms in total. The fourth-order valence-electron chi connectivity index (χ4n) is 4.47. The molecule has 0 spiro atoms. The summed E-state index contributed by atoms with van der Waals surface area (Å²) in [4.78, 5) is 40.5. The molecule has 0 aliphatic carbocycles. The molecule has 39 heavy (non-hydrogen) atoms. The molecule has 1 aliphatic rings. The molecule has 0 saturated carbocycles. The normalized spacial score (nSPS) is 15.1. The van der Waals surface area contributed by atoms with Crippen molar-refractivity contribution in [3.63, 3.8) is 0 Å². The Hall–Kier alpha value is -4.43. The third kappa shape index (κ3) is 6.91. The topological polar surface area (TPSA) is 97.0 Å². The number of amides is 3. The van der Waals surface area contributed by atoms with E-state index in [0.29, 0.717) is 42.1 Å². The minimum absolute atomic E-state index is 0.0846. The lowest BCUT2D eigenvalue weighted by Crippen LogP contribution is -2.48. The van der Waals surface area contributed by atoms with Gasteiger partial charge >= 0.3 is 12.0 Å². The maximum atomic E-state index is 13.3. The number of carbonyl (C=O) groups is 3. The Morgan fingerprint density at radius 3 is 2.23 bits per heavy atom. The predicted octanol–water partition coefficient (Wildman–Crippen LogP) is 5.29. The largest absolute Gasteiger partial charge is 0.463 e. The highest BCUT2D eigenvalue weighted by Gasteiger charge is 2.38. The molecule has 3 amide bonds. The van der Waals surface area contributed by atoms with Crippen molar-refractivity contribution in [2.45, 2.75) is 32.9 Å². The number of esters is 1. The smallest absolute Gasteiger partial charge is 0.338 e. The zero-order chi connectivity index (χ0) is 27.6. The Bertz CT molecular complexity index is 1310. The van der Waals surface area contributed by atoms with Crippen LogP contribution in [-0.2, 0) is 25.7 Å². The van der Waals surface area contributed by atoms with Gasteiger partial charge < -0.3 is 20.1 Å². The molecule has 0 radical (unpaired) electrons. The molecule has 2 N–H and O–H groups in total. The highest BCUT2D eigenvalue weighted by atomic mass is 16.5. The second kappa shape index (κ2) is 13.4. The lowest BCUT2D eigenvalue weighted by atomic mass is 9.91. The van der Waals surface area contributed by atoms with E-state index in [1.165, 1.54) is 0 Å². The monoisotopic (exact) mass is 527 g/mol. The van der Waals surface area contributed by atoms with Crippen molar-refractivity contribution in [1.29, 1.82) is 0 Å². The summed E-state index contributed by atoms with van der Waals surface area (Å²) in [6.07, 6.45) is 0.716. The van der Waals surface area contributed by atoms with Crippen LogP contribution < -0.4 is 10.6 Å². The van der Waals surface area contributed by atoms with Crippen LogP contribution in [0, 0.1) is 0 Å². The van der Waals surface area contributed by atoms with Gasteiger partial charge in [-0.25, -0.2) is 9.59 Å². The van der Waals surface area contributed by atoms with Gasteiger partial charge in [-0.05, 0) is 42.2 Å². The molecule has 3 aromatic carbocycles. The first-order valence-electron chi connectivity index (χ1n) is 13.1. The molecule has 202 valence electrons. The maximum absolute atomic E-state index is 13.3. The number of urea groups is 1. The van der Waals surface area contributed by atoms with Gasteiger partial charge in [-0.2, -0.15) is 0 Å². The van der Waals surface area contributed by atoms with Gasteiger partial charge in [0.2, 0.25) is 5.91 Å². The number of nitrogens with zero attached hydrogens (tertiary/aromatic N) is 1. The van der Waals surface area contributed by atoms with E-state index in [-0.39, 0.29) is 25.2 Å². The second-order valence-corrected chi connectivity index (χ2v) is 9.03. The molecule has 0 fully saturated rings. The molecule has 1 aliphatic heterocycles. The van der Waals surface area contributed by atoms with Crippen molar-refractivity contribution in [2.75, 3.05) is 25.1 Å². The average molecular weight is 528 g/mol. The van der Waals surface area contributed by atoms with E-state index >= 15 is 0 Å². The van der Waals surface area contributed by atoms with E-state index in [4.69, 9.17) is 9.47 Å². The Balaban J connectivity index is 1.57. The van der Waals surface area contributed by atoms with E-state index in [0.717, 1.165) is 11.1 Å². The fourth-order valence-corrected chi connectivity index (χ4v) is 4.47. The van der Waals surface area contributed by atoms with Crippen LogP contribution in [0.15, 0.2) is 90.5 Å². The molecule has 1 atom stereocenters. The zero-order valence-corrected chi connectivity index (χ0v) is 22.2. The molecule has 0 bridgehead atoms. The van der Waals surface area contributed by atoms with Crippen LogP contribution in [0.2, 0.25) is 0 Å². The Kier molecular flexibility index (Phi) is 9.48. The maximum Gasteiger partial charge on any atom is 0.338 e. The number of ether oxygens (including phenoxy) is 2. The van der Waals surface area contributed by atoms with Crippen LogP contribution in [0.4, 0.5) is 10.5 Å². The standard InChI is InChI=1S/C31H33N3O5/c1-3-19-34-29(24-13-9-6-10-14-24)27(30(36)39-4-2)28(33-31(34)37)23-15-17-25(18-16-23)32-26(35)21-38-20-22-11-7-5-8-12-22/h5-18,28H,3-4,19-21H2,1-2H3,(H,32,35)(H,33,37). The lowest BCUT2D eigenvalue weighted by Gasteiger charge is -2.36. The summed E-state index contributed by atoms with van der Waals surface area (Å²) in [5.41, 5.74) is 3.91. The number of rotatable bonds is 11. The van der Waals surface area contributed by atoms with Gasteiger partial charge in [0.15, 0.2) is 0 Å². The van der Waals surface area contributed by atoms with Crippen LogP contribution in [0.25, 0.3) is 5.70 Å². The summed E-state index contributed by atoms with van der Waals surface area (Å²) < 4.78 is 11.0. The molecule has 0 saturated heterocycles. The van der Waals surface area contributed by atoms with Gasteiger partial charge in [-0.3, -0.25) is 9.69 Å². The third-order valence-electron chi connectivity index (χ3n) is 6.19. The molecule has 1 unspecified atom stereocenters. The summed E-state index contributed by atoms with van der Waals surface area (Å²) in [6, 6.07) is 25.0. The molecule has 1 heterocycles. The van der Waals surface area contributed by atoms with E-state index in [1.54, 1.807) is 36.1 Å². The van der Waals surface area contributed by atoms with Crippen molar-refractivity contribution in [3.05, 3.63) is 107 Å². The Labute approximate surface area is 228 Å². The Morgan fingerprint density at radius 1 is 0.923 bits per heavy atom. The van der Waals surface area contributed by atoms with Crippen LogP contribution in [0.3, 0.4) is 0 Å². The van der Waals surface area contributed by atoms with E-state index in [2.05, 4.69) is 10.6 Å². The molecular formula is C31H33N3O5. The SMILES string of the molecule is CCCN1C(=O)NC(c2ccc(NC(=O)COCc3ccccc3)cc2)C(C(=O)OCC)=C1c1ccccc1. The Morgan fingerprint density at radius 2 is 1.59 bits per heavy atom. The van der Waals surface area contributed by atoms with Crippen LogP contribution in [0.1, 0.15) is 43.0 Å². The first-order chi connectivity index (χ1) is 19.0. The van der Waals surface area contributed by atoms with E-state index < -0.39 is 12.0 Å². The van der Waals surface area contributed by atoms with Gasteiger partial charge in [0, 0.05) is 12.2 Å². The van der Waals surface area contributed by atoms with E-state index in [9.17, 15) is 14.4 Å². The van der Waals surface area contributed by atoms with Gasteiger partial charge in [0.25, 0.3) is 0 Å². The summed E-state index contributed by atoms with van der Waals surface area (Å²) in [7, 11) is 0. The number of benzene rings is 3. The quantitative estimate of drug-likeness (QED) is 0.330. The number of hydrogen-bond acceptors (Lipinski definition) is 5. The van der Waals surface area contributed by atoms with Gasteiger partial charge in [-0.15, -0.1) is 0 Å². The first-order valence-corrected chi connectivity index (χ1v) is 13.1. The number of nitrogens with one attached hydrogen (secondary N) is 2. The van der Waals surface area contributed by atoms with Gasteiger partial charge in [0.05, 0.1) is 30.5 Å². The predicted molar refractivity (Wildman–Crippen MR) is 149 cm³/mol. The molecular weight excluding hydrogens is 494 g/mol. The average Bonchev–Trinajstić information content (AvgIpc) is 2.95. The summed E-state index contributed by atoms with van der Waals surface area (Å²) in [5, 5.41) is 5.80. The second-order valence-electron chi connectivity index (χ2n) is 9.03. The van der Waals surface area contributed by atoms with Crippen molar-refractivity contribution in [1.82, 2.24) is 10.2 Å². The fraction of sp³-hybridized carbons (Fsp3) is 0.258.